The Hall–Kier alpha value is -1.00. The molecule has 0 spiro atoms. The summed E-state index contributed by atoms with van der Waals surface area (Å²) in [6.45, 7) is 9.92. The van der Waals surface area contributed by atoms with E-state index < -0.39 is 0 Å². The van der Waals surface area contributed by atoms with Gasteiger partial charge in [0.25, 0.3) is 0 Å². The summed E-state index contributed by atoms with van der Waals surface area (Å²) in [7, 11) is 0. The molecule has 2 bridgehead atoms. The Balaban J connectivity index is 1.64. The summed E-state index contributed by atoms with van der Waals surface area (Å²) in [6, 6.07) is 2.85. The molecule has 1 aromatic rings. The molecule has 4 rings (SSSR count). The molecule has 3 fully saturated rings. The number of rotatable bonds is 2. The first-order valence-electron chi connectivity index (χ1n) is 7.04. The van der Waals surface area contributed by atoms with Crippen LogP contribution in [0.2, 0.25) is 0 Å². The molecule has 0 aliphatic carbocycles. The van der Waals surface area contributed by atoms with Gasteiger partial charge in [-0.05, 0) is 38.8 Å². The zero-order chi connectivity index (χ0) is 13.6. The molecular formula is C15H22FN3. The highest BCUT2D eigenvalue weighted by Crippen LogP contribution is 2.36. The molecule has 0 radical (unpaired) electrons. The zero-order valence-electron chi connectivity index (χ0n) is 11.9. The Morgan fingerprint density at radius 1 is 1.26 bits per heavy atom. The van der Waals surface area contributed by atoms with Crippen molar-refractivity contribution in [1.29, 1.82) is 0 Å². The number of halogens is 1. The fourth-order valence-corrected chi connectivity index (χ4v) is 3.25. The summed E-state index contributed by atoms with van der Waals surface area (Å²) < 4.78 is 13.2. The van der Waals surface area contributed by atoms with Crippen LogP contribution in [-0.2, 0) is 6.54 Å². The second-order valence-corrected chi connectivity index (χ2v) is 6.80. The van der Waals surface area contributed by atoms with Gasteiger partial charge in [0, 0.05) is 43.5 Å². The Morgan fingerprint density at radius 3 is 2.53 bits per heavy atom. The van der Waals surface area contributed by atoms with Gasteiger partial charge in [0.15, 0.2) is 0 Å². The second kappa shape index (κ2) is 4.53. The van der Waals surface area contributed by atoms with Gasteiger partial charge >= 0.3 is 0 Å². The largest absolute Gasteiger partial charge is 0.295 e. The number of hydrogen-bond donors (Lipinski definition) is 0. The Morgan fingerprint density at radius 2 is 1.95 bits per heavy atom. The first kappa shape index (κ1) is 13.0. The molecule has 0 aromatic carbocycles. The second-order valence-electron chi connectivity index (χ2n) is 6.80. The number of hydrogen-bond acceptors (Lipinski definition) is 3. The third-order valence-electron chi connectivity index (χ3n) is 4.42. The molecule has 0 amide bonds. The number of aromatic nitrogens is 1. The molecule has 4 heteroatoms. The molecule has 2 unspecified atom stereocenters. The highest BCUT2D eigenvalue weighted by molar-refractivity contribution is 5.13. The van der Waals surface area contributed by atoms with Crippen molar-refractivity contribution in [3.8, 4) is 0 Å². The van der Waals surface area contributed by atoms with Crippen molar-refractivity contribution in [3.05, 3.63) is 29.8 Å². The van der Waals surface area contributed by atoms with Gasteiger partial charge < -0.3 is 0 Å². The Kier molecular flexibility index (Phi) is 3.10. The minimum atomic E-state index is -0.237. The summed E-state index contributed by atoms with van der Waals surface area (Å²) in [6.07, 6.45) is 4.33. The van der Waals surface area contributed by atoms with Gasteiger partial charge in [0.1, 0.15) is 5.82 Å². The van der Waals surface area contributed by atoms with Crippen LogP contribution in [0, 0.1) is 5.82 Å². The maximum absolute atomic E-state index is 13.2. The third-order valence-corrected chi connectivity index (χ3v) is 4.42. The van der Waals surface area contributed by atoms with Crippen molar-refractivity contribution in [2.45, 2.75) is 51.4 Å². The first-order chi connectivity index (χ1) is 8.93. The van der Waals surface area contributed by atoms with E-state index in [1.807, 2.05) is 0 Å². The minimum absolute atomic E-state index is 0.237. The normalized spacial score (nSPS) is 28.2. The molecule has 3 aliphatic heterocycles. The predicted octanol–water partition coefficient (Wildman–Crippen LogP) is 2.28. The molecule has 0 N–H and O–H groups in total. The van der Waals surface area contributed by atoms with Crippen LogP contribution < -0.4 is 0 Å². The van der Waals surface area contributed by atoms with E-state index in [4.69, 9.17) is 0 Å². The topological polar surface area (TPSA) is 19.4 Å². The van der Waals surface area contributed by atoms with E-state index in [1.165, 1.54) is 12.6 Å². The van der Waals surface area contributed by atoms with Gasteiger partial charge in [-0.1, -0.05) is 0 Å². The van der Waals surface area contributed by atoms with Gasteiger partial charge in [-0.25, -0.2) is 4.39 Å². The van der Waals surface area contributed by atoms with Crippen LogP contribution in [-0.4, -0.2) is 45.5 Å². The van der Waals surface area contributed by atoms with E-state index in [9.17, 15) is 4.39 Å². The highest BCUT2D eigenvalue weighted by Gasteiger charge is 2.46. The van der Waals surface area contributed by atoms with Crippen molar-refractivity contribution >= 4 is 0 Å². The Labute approximate surface area is 114 Å². The van der Waals surface area contributed by atoms with Crippen molar-refractivity contribution in [2.75, 3.05) is 13.1 Å². The lowest BCUT2D eigenvalue weighted by molar-refractivity contribution is -0.0997. The van der Waals surface area contributed by atoms with Crippen LogP contribution in [0.1, 0.15) is 32.8 Å². The van der Waals surface area contributed by atoms with Crippen molar-refractivity contribution in [3.63, 3.8) is 0 Å². The van der Waals surface area contributed by atoms with E-state index in [2.05, 4.69) is 35.6 Å². The zero-order valence-corrected chi connectivity index (χ0v) is 11.9. The first-order valence-corrected chi connectivity index (χ1v) is 7.04. The van der Waals surface area contributed by atoms with Gasteiger partial charge in [0.2, 0.25) is 0 Å². The summed E-state index contributed by atoms with van der Waals surface area (Å²) in [5.74, 6) is -0.237. The van der Waals surface area contributed by atoms with Crippen LogP contribution in [0.15, 0.2) is 18.5 Å². The summed E-state index contributed by atoms with van der Waals surface area (Å²) in [4.78, 5) is 8.99. The van der Waals surface area contributed by atoms with E-state index in [0.717, 1.165) is 25.2 Å². The SMILES string of the molecule is CC(C)(C)N1CC2CC(C1)N2Cc1cncc(F)c1. The van der Waals surface area contributed by atoms with Gasteiger partial charge in [-0.2, -0.15) is 0 Å². The maximum Gasteiger partial charge on any atom is 0.141 e. The molecular weight excluding hydrogens is 241 g/mol. The smallest absolute Gasteiger partial charge is 0.141 e. The maximum atomic E-state index is 13.2. The van der Waals surface area contributed by atoms with Gasteiger partial charge in [-0.15, -0.1) is 0 Å². The molecule has 0 saturated carbocycles. The lowest BCUT2D eigenvalue weighted by Gasteiger charge is -2.59. The molecule has 2 atom stereocenters. The summed E-state index contributed by atoms with van der Waals surface area (Å²) in [5.41, 5.74) is 1.24. The lowest BCUT2D eigenvalue weighted by atomic mass is 9.84. The Bertz CT molecular complexity index is 457. The number of fused-ring (bicyclic) bond motifs is 2. The molecule has 3 aliphatic rings. The average molecular weight is 263 g/mol. The van der Waals surface area contributed by atoms with Crippen LogP contribution in [0.25, 0.3) is 0 Å². The minimum Gasteiger partial charge on any atom is -0.295 e. The fraction of sp³-hybridized carbons (Fsp3) is 0.667. The average Bonchev–Trinajstić information content (AvgIpc) is 2.35. The highest BCUT2D eigenvalue weighted by atomic mass is 19.1. The third kappa shape index (κ3) is 2.51. The molecule has 4 heterocycles. The van der Waals surface area contributed by atoms with Crippen molar-refractivity contribution in [2.24, 2.45) is 0 Å². The van der Waals surface area contributed by atoms with E-state index in [0.29, 0.717) is 12.1 Å². The van der Waals surface area contributed by atoms with Crippen LogP contribution in [0.4, 0.5) is 4.39 Å². The standard InChI is InChI=1S/C15H22FN3/c1-15(2,3)18-9-13-5-14(10-18)19(13)8-11-4-12(16)7-17-6-11/h4,6-7,13-14H,5,8-10H2,1-3H3. The van der Waals surface area contributed by atoms with Gasteiger partial charge in [-0.3, -0.25) is 14.8 Å². The number of nitrogens with zero attached hydrogens (tertiary/aromatic N) is 3. The number of piperazine rings is 1. The predicted molar refractivity (Wildman–Crippen MR) is 73.3 cm³/mol. The summed E-state index contributed by atoms with van der Waals surface area (Å²) >= 11 is 0. The quantitative estimate of drug-likeness (QED) is 0.816. The van der Waals surface area contributed by atoms with Crippen molar-refractivity contribution in [1.82, 2.24) is 14.8 Å². The van der Waals surface area contributed by atoms with E-state index >= 15 is 0 Å². The number of piperidine rings is 1. The van der Waals surface area contributed by atoms with Crippen molar-refractivity contribution < 1.29 is 4.39 Å². The monoisotopic (exact) mass is 263 g/mol. The van der Waals surface area contributed by atoms with Crippen LogP contribution in [0.5, 0.6) is 0 Å². The van der Waals surface area contributed by atoms with Crippen LogP contribution >= 0.6 is 0 Å². The van der Waals surface area contributed by atoms with Crippen LogP contribution in [0.3, 0.4) is 0 Å². The van der Waals surface area contributed by atoms with E-state index in [-0.39, 0.29) is 11.4 Å². The fourth-order valence-electron chi connectivity index (χ4n) is 3.25. The summed E-state index contributed by atoms with van der Waals surface area (Å²) in [5, 5.41) is 0. The molecule has 3 saturated heterocycles. The molecule has 104 valence electrons. The molecule has 3 nitrogen and oxygen atoms in total. The van der Waals surface area contributed by atoms with Gasteiger partial charge in [0.05, 0.1) is 6.20 Å². The molecule has 1 aromatic heterocycles. The van der Waals surface area contributed by atoms with E-state index in [1.54, 1.807) is 12.3 Å². The lowest BCUT2D eigenvalue weighted by Crippen LogP contribution is -2.70. The molecule has 19 heavy (non-hydrogen) atoms. The number of pyridine rings is 1.